The van der Waals surface area contributed by atoms with Crippen LogP contribution in [0, 0.1) is 6.92 Å². The van der Waals surface area contributed by atoms with Crippen molar-refractivity contribution in [2.45, 2.75) is 6.92 Å². The van der Waals surface area contributed by atoms with E-state index in [2.05, 4.69) is 5.32 Å². The molecule has 24 heavy (non-hydrogen) atoms. The Morgan fingerprint density at radius 1 is 1.12 bits per heavy atom. The highest BCUT2D eigenvalue weighted by Gasteiger charge is 2.27. The van der Waals surface area contributed by atoms with Crippen LogP contribution in [0.1, 0.15) is 36.0 Å². The summed E-state index contributed by atoms with van der Waals surface area (Å²) < 4.78 is 4.79. The monoisotopic (exact) mass is 346 g/mol. The van der Waals surface area contributed by atoms with Crippen molar-refractivity contribution < 1.29 is 19.1 Å². The van der Waals surface area contributed by atoms with Crippen LogP contribution in [-0.2, 0) is 4.74 Å². The second kappa shape index (κ2) is 7.27. The quantitative estimate of drug-likeness (QED) is 0.864. The summed E-state index contributed by atoms with van der Waals surface area (Å²) in [6.45, 7) is 1.66. The Bertz CT molecular complexity index is 781. The van der Waals surface area contributed by atoms with Crippen LogP contribution in [0.3, 0.4) is 0 Å². The summed E-state index contributed by atoms with van der Waals surface area (Å²) in [4.78, 5) is 38.5. The second-order valence-corrected chi connectivity index (χ2v) is 6.29. The molecule has 1 heterocycles. The van der Waals surface area contributed by atoms with Crippen LogP contribution in [-0.4, -0.2) is 43.9 Å². The lowest BCUT2D eigenvalue weighted by atomic mass is 10.1. The van der Waals surface area contributed by atoms with E-state index in [-0.39, 0.29) is 17.4 Å². The van der Waals surface area contributed by atoms with Gasteiger partial charge in [-0.2, -0.15) is 0 Å². The van der Waals surface area contributed by atoms with Gasteiger partial charge in [-0.15, -0.1) is 11.3 Å². The van der Waals surface area contributed by atoms with Gasteiger partial charge in [0, 0.05) is 19.7 Å². The maximum absolute atomic E-state index is 12.3. The van der Waals surface area contributed by atoms with Gasteiger partial charge in [0.05, 0.1) is 17.6 Å². The number of methoxy groups -OCH3 is 1. The topological polar surface area (TPSA) is 75.7 Å². The number of hydrogen-bond acceptors (Lipinski definition) is 5. The molecule has 6 nitrogen and oxygen atoms in total. The van der Waals surface area contributed by atoms with E-state index in [1.54, 1.807) is 51.4 Å². The number of esters is 1. The zero-order valence-electron chi connectivity index (χ0n) is 13.9. The van der Waals surface area contributed by atoms with E-state index >= 15 is 0 Å². The molecule has 0 atom stereocenters. The van der Waals surface area contributed by atoms with Gasteiger partial charge in [-0.3, -0.25) is 9.59 Å². The van der Waals surface area contributed by atoms with Crippen molar-refractivity contribution in [3.8, 4) is 0 Å². The summed E-state index contributed by atoms with van der Waals surface area (Å²) in [5.41, 5.74) is 1.16. The molecule has 1 aromatic carbocycles. The predicted molar refractivity (Wildman–Crippen MR) is 92.8 cm³/mol. The van der Waals surface area contributed by atoms with E-state index in [4.69, 9.17) is 4.74 Å². The molecular weight excluding hydrogens is 328 g/mol. The first kappa shape index (κ1) is 17.7. The molecule has 0 aliphatic carbocycles. The lowest BCUT2D eigenvalue weighted by Gasteiger charge is -2.08. The van der Waals surface area contributed by atoms with E-state index < -0.39 is 5.97 Å². The number of rotatable bonds is 4. The van der Waals surface area contributed by atoms with Crippen LogP contribution in [0.4, 0.5) is 5.00 Å². The predicted octanol–water partition coefficient (Wildman–Crippen LogP) is 2.80. The molecule has 1 aromatic heterocycles. The summed E-state index contributed by atoms with van der Waals surface area (Å²) in [6.07, 6.45) is 0. The van der Waals surface area contributed by atoms with Gasteiger partial charge < -0.3 is 15.0 Å². The molecule has 0 unspecified atom stereocenters. The molecule has 7 heteroatoms. The van der Waals surface area contributed by atoms with Crippen LogP contribution < -0.4 is 5.32 Å². The van der Waals surface area contributed by atoms with Crippen molar-refractivity contribution in [2.24, 2.45) is 0 Å². The zero-order chi connectivity index (χ0) is 17.9. The van der Waals surface area contributed by atoms with Gasteiger partial charge in [-0.25, -0.2) is 4.79 Å². The number of nitrogens with one attached hydrogen (secondary N) is 1. The SMILES string of the molecule is COC(=O)c1c(NC(=O)c2ccccc2)sc(C(=O)N(C)C)c1C. The highest BCUT2D eigenvalue weighted by Crippen LogP contribution is 2.34. The van der Waals surface area contributed by atoms with Gasteiger partial charge in [-0.05, 0) is 24.6 Å². The molecule has 0 saturated carbocycles. The molecule has 0 fully saturated rings. The Balaban J connectivity index is 2.44. The van der Waals surface area contributed by atoms with E-state index in [0.29, 0.717) is 21.0 Å². The Hall–Kier alpha value is -2.67. The number of thiophene rings is 1. The highest BCUT2D eigenvalue weighted by atomic mass is 32.1. The molecule has 0 aliphatic heterocycles. The van der Waals surface area contributed by atoms with Crippen molar-refractivity contribution in [1.29, 1.82) is 0 Å². The molecule has 0 saturated heterocycles. The van der Waals surface area contributed by atoms with Gasteiger partial charge >= 0.3 is 5.97 Å². The van der Waals surface area contributed by atoms with Crippen LogP contribution >= 0.6 is 11.3 Å². The molecule has 0 aliphatic rings. The molecule has 2 aromatic rings. The third-order valence-corrected chi connectivity index (χ3v) is 4.60. The first-order valence-corrected chi connectivity index (χ1v) is 7.98. The Morgan fingerprint density at radius 3 is 2.29 bits per heavy atom. The average Bonchev–Trinajstić information content (AvgIpc) is 2.90. The number of anilines is 1. The number of benzene rings is 1. The van der Waals surface area contributed by atoms with E-state index in [0.717, 1.165) is 11.3 Å². The number of nitrogens with zero attached hydrogens (tertiary/aromatic N) is 1. The van der Waals surface area contributed by atoms with Crippen molar-refractivity contribution >= 4 is 34.1 Å². The third-order valence-electron chi connectivity index (χ3n) is 3.40. The normalized spacial score (nSPS) is 10.2. The lowest BCUT2D eigenvalue weighted by Crippen LogP contribution is -2.21. The van der Waals surface area contributed by atoms with Crippen molar-refractivity contribution in [3.05, 3.63) is 51.9 Å². The average molecular weight is 346 g/mol. The van der Waals surface area contributed by atoms with Gasteiger partial charge in [0.2, 0.25) is 0 Å². The number of hydrogen-bond donors (Lipinski definition) is 1. The van der Waals surface area contributed by atoms with Gasteiger partial charge in [-0.1, -0.05) is 18.2 Å². The molecule has 0 spiro atoms. The van der Waals surface area contributed by atoms with Crippen LogP contribution in [0.25, 0.3) is 0 Å². The summed E-state index contributed by atoms with van der Waals surface area (Å²) in [5.74, 6) is -1.18. The van der Waals surface area contributed by atoms with Crippen molar-refractivity contribution in [1.82, 2.24) is 4.90 Å². The van der Waals surface area contributed by atoms with Crippen LogP contribution in [0.2, 0.25) is 0 Å². The number of carbonyl (C=O) groups excluding carboxylic acids is 3. The van der Waals surface area contributed by atoms with Gasteiger partial charge in [0.15, 0.2) is 0 Å². The summed E-state index contributed by atoms with van der Waals surface area (Å²) in [7, 11) is 4.51. The molecule has 0 bridgehead atoms. The smallest absolute Gasteiger partial charge is 0.341 e. The molecular formula is C17H18N2O4S. The van der Waals surface area contributed by atoms with E-state index in [1.807, 2.05) is 0 Å². The second-order valence-electron chi connectivity index (χ2n) is 5.27. The zero-order valence-corrected chi connectivity index (χ0v) is 14.7. The highest BCUT2D eigenvalue weighted by molar-refractivity contribution is 7.18. The number of amides is 2. The van der Waals surface area contributed by atoms with E-state index in [1.165, 1.54) is 12.0 Å². The van der Waals surface area contributed by atoms with E-state index in [9.17, 15) is 14.4 Å². The molecule has 1 N–H and O–H groups in total. The molecule has 2 amide bonds. The number of carbonyl (C=O) groups is 3. The van der Waals surface area contributed by atoms with Crippen LogP contribution in [0.15, 0.2) is 30.3 Å². The maximum Gasteiger partial charge on any atom is 0.341 e. The lowest BCUT2D eigenvalue weighted by molar-refractivity contribution is 0.0601. The fourth-order valence-corrected chi connectivity index (χ4v) is 3.33. The minimum absolute atomic E-state index is 0.206. The minimum atomic E-state index is -0.593. The fourth-order valence-electron chi connectivity index (χ4n) is 2.12. The molecule has 2 rings (SSSR count). The van der Waals surface area contributed by atoms with Crippen molar-refractivity contribution in [3.63, 3.8) is 0 Å². The first-order chi connectivity index (χ1) is 11.4. The Kier molecular flexibility index (Phi) is 5.35. The maximum atomic E-state index is 12.3. The first-order valence-electron chi connectivity index (χ1n) is 7.16. The summed E-state index contributed by atoms with van der Waals surface area (Å²) in [6, 6.07) is 8.63. The Labute approximate surface area is 144 Å². The fraction of sp³-hybridized carbons (Fsp3) is 0.235. The minimum Gasteiger partial charge on any atom is -0.465 e. The third kappa shape index (κ3) is 3.46. The molecule has 126 valence electrons. The van der Waals surface area contributed by atoms with Gasteiger partial charge in [0.25, 0.3) is 11.8 Å². The Morgan fingerprint density at radius 2 is 1.75 bits per heavy atom. The van der Waals surface area contributed by atoms with Crippen LogP contribution in [0.5, 0.6) is 0 Å². The number of ether oxygens (including phenoxy) is 1. The van der Waals surface area contributed by atoms with Crippen molar-refractivity contribution in [2.75, 3.05) is 26.5 Å². The largest absolute Gasteiger partial charge is 0.465 e. The summed E-state index contributed by atoms with van der Waals surface area (Å²) >= 11 is 1.07. The van der Waals surface area contributed by atoms with Gasteiger partial charge in [0.1, 0.15) is 5.00 Å². The summed E-state index contributed by atoms with van der Waals surface area (Å²) in [5, 5.41) is 3.01. The molecule has 0 radical (unpaired) electrons. The standard InChI is InChI=1S/C17H18N2O4S/c1-10-12(17(22)23-4)15(24-13(10)16(21)19(2)3)18-14(20)11-8-6-5-7-9-11/h5-9H,1-4H3,(H,18,20).